The Bertz CT molecular complexity index is 599. The van der Waals surface area contributed by atoms with Crippen LogP contribution in [0.1, 0.15) is 22.9 Å². The summed E-state index contributed by atoms with van der Waals surface area (Å²) in [5.41, 5.74) is 1.53. The van der Waals surface area contributed by atoms with Crippen LogP contribution in [0.25, 0.3) is 0 Å². The monoisotopic (exact) mass is 266 g/mol. The van der Waals surface area contributed by atoms with Gasteiger partial charge in [0.1, 0.15) is 0 Å². The lowest BCUT2D eigenvalue weighted by atomic mass is 10.0. The molecule has 2 rings (SSSR count). The van der Waals surface area contributed by atoms with Crippen LogP contribution in [0.2, 0.25) is 0 Å². The van der Waals surface area contributed by atoms with Gasteiger partial charge < -0.3 is 5.32 Å². The first-order chi connectivity index (χ1) is 9.04. The smallest absolute Gasteiger partial charge is 0.194 e. The lowest BCUT2D eigenvalue weighted by molar-refractivity contribution is 0.434. The molecule has 0 spiro atoms. The number of nitrogens with one attached hydrogen (secondary N) is 1. The van der Waals surface area contributed by atoms with Gasteiger partial charge in [0, 0.05) is 11.8 Å². The van der Waals surface area contributed by atoms with Gasteiger partial charge in [0.25, 0.3) is 0 Å². The molecule has 0 bridgehead atoms. The van der Waals surface area contributed by atoms with Gasteiger partial charge in [-0.3, -0.25) is 4.98 Å². The van der Waals surface area contributed by atoms with E-state index in [-0.39, 0.29) is 5.56 Å². The minimum absolute atomic E-state index is 0.0273. The molecule has 1 unspecified atom stereocenters. The molecule has 19 heavy (non-hydrogen) atoms. The maximum absolute atomic E-state index is 13.8. The molecule has 0 aliphatic rings. The van der Waals surface area contributed by atoms with Gasteiger partial charge in [0.05, 0.1) is 11.7 Å². The molecule has 1 aromatic carbocycles. The van der Waals surface area contributed by atoms with Crippen LogP contribution in [0.15, 0.2) is 30.5 Å². The molecule has 5 heteroatoms. The fourth-order valence-electron chi connectivity index (χ4n) is 1.94. The molecule has 2 nitrogen and oxygen atoms in total. The molecule has 0 aliphatic heterocycles. The summed E-state index contributed by atoms with van der Waals surface area (Å²) in [6, 6.07) is 5.07. The highest BCUT2D eigenvalue weighted by atomic mass is 19.2. The van der Waals surface area contributed by atoms with Gasteiger partial charge in [-0.25, -0.2) is 13.2 Å². The summed E-state index contributed by atoms with van der Waals surface area (Å²) in [4.78, 5) is 4.13. The van der Waals surface area contributed by atoms with Crippen LogP contribution >= 0.6 is 0 Å². The van der Waals surface area contributed by atoms with E-state index in [1.165, 1.54) is 6.07 Å². The zero-order chi connectivity index (χ0) is 14.0. The molecule has 100 valence electrons. The number of hydrogen-bond acceptors (Lipinski definition) is 2. The molecule has 0 radical (unpaired) electrons. The quantitative estimate of drug-likeness (QED) is 0.863. The van der Waals surface area contributed by atoms with E-state index in [9.17, 15) is 13.2 Å². The summed E-state index contributed by atoms with van der Waals surface area (Å²) in [7, 11) is 1.61. The third-order valence-corrected chi connectivity index (χ3v) is 2.90. The number of pyridine rings is 1. The van der Waals surface area contributed by atoms with Crippen LogP contribution in [0, 0.1) is 24.4 Å². The van der Waals surface area contributed by atoms with Crippen molar-refractivity contribution in [1.82, 2.24) is 10.3 Å². The first-order valence-electron chi connectivity index (χ1n) is 5.77. The summed E-state index contributed by atoms with van der Waals surface area (Å²) in [5.74, 6) is -3.86. The van der Waals surface area contributed by atoms with Crippen LogP contribution in [0.4, 0.5) is 13.2 Å². The Morgan fingerprint density at radius 1 is 1.11 bits per heavy atom. The van der Waals surface area contributed by atoms with Crippen molar-refractivity contribution < 1.29 is 13.2 Å². The zero-order valence-corrected chi connectivity index (χ0v) is 10.5. The molecule has 0 saturated heterocycles. The van der Waals surface area contributed by atoms with Gasteiger partial charge in [-0.1, -0.05) is 6.07 Å². The van der Waals surface area contributed by atoms with Crippen LogP contribution < -0.4 is 5.32 Å². The topological polar surface area (TPSA) is 24.9 Å². The van der Waals surface area contributed by atoms with Crippen LogP contribution in [-0.2, 0) is 0 Å². The lowest BCUT2D eigenvalue weighted by Gasteiger charge is -2.17. The van der Waals surface area contributed by atoms with E-state index in [4.69, 9.17) is 0 Å². The predicted molar refractivity (Wildman–Crippen MR) is 66.2 cm³/mol. The number of rotatable bonds is 3. The molecular weight excluding hydrogens is 253 g/mol. The minimum atomic E-state index is -1.47. The third-order valence-electron chi connectivity index (χ3n) is 2.90. The van der Waals surface area contributed by atoms with E-state index >= 15 is 0 Å². The van der Waals surface area contributed by atoms with Crippen LogP contribution in [-0.4, -0.2) is 12.0 Å². The average molecular weight is 266 g/mol. The number of aromatic nitrogens is 1. The van der Waals surface area contributed by atoms with Crippen molar-refractivity contribution in [2.75, 3.05) is 7.05 Å². The van der Waals surface area contributed by atoms with Crippen molar-refractivity contribution in [2.45, 2.75) is 13.0 Å². The highest BCUT2D eigenvalue weighted by Crippen LogP contribution is 2.25. The Balaban J connectivity index is 2.51. The van der Waals surface area contributed by atoms with Gasteiger partial charge in [0.2, 0.25) is 0 Å². The largest absolute Gasteiger partial charge is 0.308 e. The molecule has 1 heterocycles. The van der Waals surface area contributed by atoms with Gasteiger partial charge in [-0.2, -0.15) is 0 Å². The van der Waals surface area contributed by atoms with E-state index in [1.807, 2.05) is 6.92 Å². The highest BCUT2D eigenvalue weighted by Gasteiger charge is 2.21. The maximum atomic E-state index is 13.8. The zero-order valence-electron chi connectivity index (χ0n) is 10.5. The number of halogens is 3. The van der Waals surface area contributed by atoms with Crippen molar-refractivity contribution in [3.05, 3.63) is 64.7 Å². The molecule has 1 atom stereocenters. The minimum Gasteiger partial charge on any atom is -0.308 e. The van der Waals surface area contributed by atoms with Crippen LogP contribution in [0.5, 0.6) is 0 Å². The Morgan fingerprint density at radius 3 is 2.47 bits per heavy atom. The molecule has 0 saturated carbocycles. The summed E-state index contributed by atoms with van der Waals surface area (Å²) in [6.45, 7) is 1.87. The van der Waals surface area contributed by atoms with Gasteiger partial charge >= 0.3 is 0 Å². The Labute approximate surface area is 109 Å². The van der Waals surface area contributed by atoms with Crippen molar-refractivity contribution >= 4 is 0 Å². The van der Waals surface area contributed by atoms with Crippen molar-refractivity contribution in [1.29, 1.82) is 0 Å². The number of hydrogen-bond donors (Lipinski definition) is 1. The van der Waals surface area contributed by atoms with Gasteiger partial charge in [-0.15, -0.1) is 0 Å². The fraction of sp³-hybridized carbons (Fsp3) is 0.214. The Morgan fingerprint density at radius 2 is 1.84 bits per heavy atom. The normalized spacial score (nSPS) is 12.5. The first kappa shape index (κ1) is 13.5. The molecule has 0 amide bonds. The van der Waals surface area contributed by atoms with E-state index < -0.39 is 23.5 Å². The Kier molecular flexibility index (Phi) is 3.85. The SMILES string of the molecule is CNC(c1cc(C)ccn1)c1ccc(F)c(F)c1F. The van der Waals surface area contributed by atoms with E-state index in [2.05, 4.69) is 10.3 Å². The highest BCUT2D eigenvalue weighted by molar-refractivity contribution is 5.31. The standard InChI is InChI=1S/C14H13F3N2/c1-8-5-6-19-11(7-8)14(18-2)9-3-4-10(15)13(17)12(9)16/h3-7,14,18H,1-2H3. The second-order valence-corrected chi connectivity index (χ2v) is 4.24. The van der Waals surface area contributed by atoms with E-state index in [0.717, 1.165) is 11.6 Å². The van der Waals surface area contributed by atoms with Gasteiger partial charge in [0.15, 0.2) is 17.5 Å². The second-order valence-electron chi connectivity index (χ2n) is 4.24. The van der Waals surface area contributed by atoms with E-state index in [1.54, 1.807) is 25.4 Å². The number of aryl methyl sites for hydroxylation is 1. The van der Waals surface area contributed by atoms with Crippen molar-refractivity contribution in [2.24, 2.45) is 0 Å². The first-order valence-corrected chi connectivity index (χ1v) is 5.77. The summed E-state index contributed by atoms with van der Waals surface area (Å²) in [5, 5.41) is 2.86. The maximum Gasteiger partial charge on any atom is 0.194 e. The second kappa shape index (κ2) is 5.40. The summed E-state index contributed by atoms with van der Waals surface area (Å²) < 4.78 is 40.0. The predicted octanol–water partition coefficient (Wildman–Crippen LogP) is 3.12. The third kappa shape index (κ3) is 2.61. The molecule has 1 aromatic heterocycles. The molecule has 2 aromatic rings. The van der Waals surface area contributed by atoms with Crippen molar-refractivity contribution in [3.8, 4) is 0 Å². The summed E-state index contributed by atoms with van der Waals surface area (Å²) in [6.07, 6.45) is 1.59. The molecule has 1 N–H and O–H groups in total. The average Bonchev–Trinajstić information content (AvgIpc) is 2.40. The fourth-order valence-corrected chi connectivity index (χ4v) is 1.94. The number of nitrogens with zero attached hydrogens (tertiary/aromatic N) is 1. The van der Waals surface area contributed by atoms with E-state index in [0.29, 0.717) is 5.69 Å². The van der Waals surface area contributed by atoms with Crippen LogP contribution in [0.3, 0.4) is 0 Å². The molecule has 0 aliphatic carbocycles. The molecule has 0 fully saturated rings. The summed E-state index contributed by atoms with van der Waals surface area (Å²) >= 11 is 0. The number of benzene rings is 1. The molecular formula is C14H13F3N2. The lowest BCUT2D eigenvalue weighted by Crippen LogP contribution is -2.21. The Hall–Kier alpha value is -1.88. The van der Waals surface area contributed by atoms with Gasteiger partial charge in [-0.05, 0) is 37.7 Å². The van der Waals surface area contributed by atoms with Crippen molar-refractivity contribution in [3.63, 3.8) is 0 Å².